The van der Waals surface area contributed by atoms with Gasteiger partial charge in [-0.2, -0.15) is 0 Å². The Labute approximate surface area is 133 Å². The van der Waals surface area contributed by atoms with Crippen molar-refractivity contribution in [2.75, 3.05) is 0 Å². The van der Waals surface area contributed by atoms with E-state index in [0.717, 1.165) is 11.1 Å². The number of rotatable bonds is 4. The van der Waals surface area contributed by atoms with Gasteiger partial charge < -0.3 is 10.6 Å². The van der Waals surface area contributed by atoms with Crippen LogP contribution in [0.2, 0.25) is 0 Å². The van der Waals surface area contributed by atoms with Gasteiger partial charge in [-0.3, -0.25) is 14.4 Å². The second-order valence-electron chi connectivity index (χ2n) is 5.52. The van der Waals surface area contributed by atoms with Crippen molar-refractivity contribution < 1.29 is 14.4 Å². The predicted octanol–water partition coefficient (Wildman–Crippen LogP) is 1.44. The minimum Gasteiger partial charge on any atom is -0.369 e. The first kappa shape index (κ1) is 15.0. The summed E-state index contributed by atoms with van der Waals surface area (Å²) in [6, 6.07) is 17.7. The molecule has 2 unspecified atom stereocenters. The quantitative estimate of drug-likeness (QED) is 0.685. The van der Waals surface area contributed by atoms with Crippen LogP contribution in [0.1, 0.15) is 17.2 Å². The number of likely N-dealkylation sites (tertiary alicyclic amines) is 1. The summed E-state index contributed by atoms with van der Waals surface area (Å²) < 4.78 is 0. The number of amides is 2. The second-order valence-corrected chi connectivity index (χ2v) is 5.52. The number of nitrogens with two attached hydrogens (primary N) is 1. The van der Waals surface area contributed by atoms with E-state index < -0.39 is 29.6 Å². The maximum absolute atomic E-state index is 12.4. The number of Topliss-reactive ketones (excluding diaryl/α,β-unsaturated/α-hetero) is 1. The summed E-state index contributed by atoms with van der Waals surface area (Å²) >= 11 is 0. The molecule has 2 aromatic carbocycles. The minimum atomic E-state index is -1.14. The minimum absolute atomic E-state index is 0.259. The number of carbonyl (C=O) groups excluding carboxylic acids is 3. The molecule has 1 aliphatic rings. The summed E-state index contributed by atoms with van der Waals surface area (Å²) in [4.78, 5) is 37.8. The lowest BCUT2D eigenvalue weighted by Gasteiger charge is -2.26. The van der Waals surface area contributed by atoms with Crippen molar-refractivity contribution in [2.45, 2.75) is 12.6 Å². The highest BCUT2D eigenvalue weighted by molar-refractivity contribution is 6.42. The van der Waals surface area contributed by atoms with E-state index in [1.807, 2.05) is 36.4 Å². The van der Waals surface area contributed by atoms with Gasteiger partial charge in [-0.05, 0) is 11.1 Å². The van der Waals surface area contributed by atoms with Gasteiger partial charge in [0.2, 0.25) is 11.7 Å². The first-order chi connectivity index (χ1) is 11.1. The Morgan fingerprint density at radius 2 is 1.52 bits per heavy atom. The average Bonchev–Trinajstić information content (AvgIpc) is 2.82. The van der Waals surface area contributed by atoms with Crippen LogP contribution >= 0.6 is 0 Å². The van der Waals surface area contributed by atoms with Gasteiger partial charge in [0.25, 0.3) is 5.91 Å². The number of nitrogens with zero attached hydrogens (tertiary/aromatic N) is 1. The molecule has 0 aromatic heterocycles. The van der Waals surface area contributed by atoms with Crippen molar-refractivity contribution >= 4 is 17.6 Å². The highest BCUT2D eigenvalue weighted by Gasteiger charge is 2.50. The van der Waals surface area contributed by atoms with Gasteiger partial charge >= 0.3 is 0 Å². The van der Waals surface area contributed by atoms with Gasteiger partial charge in [-0.25, -0.2) is 0 Å². The Hall–Kier alpha value is -2.95. The molecule has 2 aromatic rings. The molecule has 0 bridgehead atoms. The van der Waals surface area contributed by atoms with Crippen LogP contribution in [0.3, 0.4) is 0 Å². The third-order valence-corrected chi connectivity index (χ3v) is 4.05. The molecule has 2 N–H and O–H groups in total. The molecule has 23 heavy (non-hydrogen) atoms. The SMILES string of the molecule is NC(=O)C1C(=O)C(=O)N(Cc2ccccc2)C1c1ccccc1. The van der Waals surface area contributed by atoms with Crippen LogP contribution in [0.5, 0.6) is 0 Å². The largest absolute Gasteiger partial charge is 0.369 e. The normalized spacial score (nSPS) is 20.8. The molecule has 0 spiro atoms. The molecular formula is C18H16N2O3. The van der Waals surface area contributed by atoms with E-state index in [2.05, 4.69) is 0 Å². The molecule has 5 nitrogen and oxygen atoms in total. The lowest BCUT2D eigenvalue weighted by molar-refractivity contribution is -0.142. The summed E-state index contributed by atoms with van der Waals surface area (Å²) in [6.45, 7) is 0.259. The van der Waals surface area contributed by atoms with Gasteiger partial charge in [-0.1, -0.05) is 60.7 Å². The van der Waals surface area contributed by atoms with Gasteiger partial charge in [-0.15, -0.1) is 0 Å². The van der Waals surface area contributed by atoms with E-state index in [1.165, 1.54) is 4.90 Å². The number of carbonyl (C=O) groups is 3. The lowest BCUT2D eigenvalue weighted by Crippen LogP contribution is -2.33. The number of ketones is 1. The first-order valence-corrected chi connectivity index (χ1v) is 7.32. The molecule has 1 aliphatic heterocycles. The summed E-state index contributed by atoms with van der Waals surface area (Å²) in [5.74, 6) is -3.31. The molecule has 0 aliphatic carbocycles. The molecule has 1 saturated heterocycles. The van der Waals surface area contributed by atoms with Gasteiger partial charge in [0, 0.05) is 6.54 Å². The standard InChI is InChI=1S/C18H16N2O3/c19-17(22)14-15(13-9-5-2-6-10-13)20(18(23)16(14)21)11-12-7-3-1-4-8-12/h1-10,14-15H,11H2,(H2,19,22). The summed E-state index contributed by atoms with van der Waals surface area (Å²) in [6.07, 6.45) is 0. The van der Waals surface area contributed by atoms with Crippen molar-refractivity contribution in [3.63, 3.8) is 0 Å². The molecule has 1 heterocycles. The zero-order chi connectivity index (χ0) is 16.4. The average molecular weight is 308 g/mol. The number of benzene rings is 2. The Morgan fingerprint density at radius 3 is 2.09 bits per heavy atom. The summed E-state index contributed by atoms with van der Waals surface area (Å²) in [5.41, 5.74) is 7.01. The van der Waals surface area contributed by atoms with E-state index in [4.69, 9.17) is 5.73 Å². The monoisotopic (exact) mass is 308 g/mol. The van der Waals surface area contributed by atoms with E-state index in [0.29, 0.717) is 0 Å². The van der Waals surface area contributed by atoms with Crippen molar-refractivity contribution in [1.82, 2.24) is 4.90 Å². The van der Waals surface area contributed by atoms with Crippen LogP contribution in [0, 0.1) is 5.92 Å². The van der Waals surface area contributed by atoms with Crippen molar-refractivity contribution in [1.29, 1.82) is 0 Å². The molecular weight excluding hydrogens is 292 g/mol. The van der Waals surface area contributed by atoms with Crippen LogP contribution in [-0.2, 0) is 20.9 Å². The smallest absolute Gasteiger partial charge is 0.291 e. The van der Waals surface area contributed by atoms with E-state index in [1.54, 1.807) is 24.3 Å². The maximum Gasteiger partial charge on any atom is 0.291 e. The Morgan fingerprint density at radius 1 is 0.957 bits per heavy atom. The molecule has 0 radical (unpaired) electrons. The van der Waals surface area contributed by atoms with Gasteiger partial charge in [0.05, 0.1) is 6.04 Å². The lowest BCUT2D eigenvalue weighted by atomic mass is 9.92. The molecule has 2 atom stereocenters. The van der Waals surface area contributed by atoms with Crippen LogP contribution in [0.4, 0.5) is 0 Å². The number of hydrogen-bond acceptors (Lipinski definition) is 3. The highest BCUT2D eigenvalue weighted by atomic mass is 16.2. The van der Waals surface area contributed by atoms with Crippen LogP contribution in [-0.4, -0.2) is 22.5 Å². The van der Waals surface area contributed by atoms with Crippen LogP contribution in [0.25, 0.3) is 0 Å². The third kappa shape index (κ3) is 2.73. The molecule has 0 saturated carbocycles. The number of primary amides is 1. The Balaban J connectivity index is 2.02. The molecule has 5 heteroatoms. The van der Waals surface area contributed by atoms with Crippen molar-refractivity contribution in [3.05, 3.63) is 71.8 Å². The summed E-state index contributed by atoms with van der Waals surface area (Å²) in [7, 11) is 0. The first-order valence-electron chi connectivity index (χ1n) is 7.32. The predicted molar refractivity (Wildman–Crippen MR) is 83.9 cm³/mol. The van der Waals surface area contributed by atoms with E-state index >= 15 is 0 Å². The van der Waals surface area contributed by atoms with Crippen molar-refractivity contribution in [3.8, 4) is 0 Å². The topological polar surface area (TPSA) is 80.5 Å². The zero-order valence-corrected chi connectivity index (χ0v) is 12.4. The zero-order valence-electron chi connectivity index (χ0n) is 12.4. The Bertz CT molecular complexity index is 743. The fourth-order valence-electron chi connectivity index (χ4n) is 2.98. The Kier molecular flexibility index (Phi) is 3.93. The van der Waals surface area contributed by atoms with Crippen LogP contribution < -0.4 is 5.73 Å². The maximum atomic E-state index is 12.4. The van der Waals surface area contributed by atoms with E-state index in [9.17, 15) is 14.4 Å². The second kappa shape index (κ2) is 6.04. The molecule has 2 amide bonds. The van der Waals surface area contributed by atoms with Gasteiger partial charge in [0.15, 0.2) is 0 Å². The molecule has 3 rings (SSSR count). The fraction of sp³-hybridized carbons (Fsp3) is 0.167. The number of hydrogen-bond donors (Lipinski definition) is 1. The highest BCUT2D eigenvalue weighted by Crippen LogP contribution is 2.37. The summed E-state index contributed by atoms with van der Waals surface area (Å²) in [5, 5.41) is 0. The van der Waals surface area contributed by atoms with Crippen molar-refractivity contribution in [2.24, 2.45) is 11.7 Å². The molecule has 116 valence electrons. The molecule has 1 fully saturated rings. The fourth-order valence-corrected chi connectivity index (χ4v) is 2.98. The van der Waals surface area contributed by atoms with Gasteiger partial charge in [0.1, 0.15) is 5.92 Å². The van der Waals surface area contributed by atoms with E-state index in [-0.39, 0.29) is 6.54 Å². The van der Waals surface area contributed by atoms with Crippen LogP contribution in [0.15, 0.2) is 60.7 Å². The third-order valence-electron chi connectivity index (χ3n) is 4.05.